The average molecular weight is 539 g/mol. The Morgan fingerprint density at radius 2 is 1.78 bits per heavy atom. The highest BCUT2D eigenvalue weighted by atomic mass is 35.5. The standard InChI is InChI=1S/C26H19ClN2O7S/c1-34-21-11-10-18(27)13-19(21)23-28-29-26(36-23)37-22(25(32)33)12-17-4-2-3-5-20(17)35-14-15-6-8-16(9-7-15)24(30)31/h2-13H,14H2,1H3,(H,30,31)(H,32,33)/b22-12-. The lowest BCUT2D eigenvalue weighted by molar-refractivity contribution is -0.131. The fourth-order valence-electron chi connectivity index (χ4n) is 3.21. The van der Waals surface area contributed by atoms with Gasteiger partial charge in [-0.25, -0.2) is 9.59 Å². The van der Waals surface area contributed by atoms with Gasteiger partial charge in [0, 0.05) is 10.6 Å². The molecule has 0 fully saturated rings. The van der Waals surface area contributed by atoms with E-state index in [9.17, 15) is 14.7 Å². The summed E-state index contributed by atoms with van der Waals surface area (Å²) in [6, 6.07) is 18.1. The molecule has 11 heteroatoms. The average Bonchev–Trinajstić information content (AvgIpc) is 3.36. The molecular weight excluding hydrogens is 520 g/mol. The number of hydrogen-bond donors (Lipinski definition) is 2. The summed E-state index contributed by atoms with van der Waals surface area (Å²) in [5.74, 6) is -1.16. The second-order valence-electron chi connectivity index (χ2n) is 7.46. The van der Waals surface area contributed by atoms with Gasteiger partial charge in [-0.2, -0.15) is 0 Å². The first-order chi connectivity index (χ1) is 17.8. The highest BCUT2D eigenvalue weighted by Gasteiger charge is 2.19. The van der Waals surface area contributed by atoms with Crippen molar-refractivity contribution >= 4 is 41.4 Å². The van der Waals surface area contributed by atoms with Crippen LogP contribution < -0.4 is 9.47 Å². The van der Waals surface area contributed by atoms with Crippen LogP contribution >= 0.6 is 23.4 Å². The summed E-state index contributed by atoms with van der Waals surface area (Å²) in [5, 5.41) is 27.2. The van der Waals surface area contributed by atoms with Crippen molar-refractivity contribution < 1.29 is 33.7 Å². The minimum absolute atomic E-state index is 0.0163. The zero-order valence-electron chi connectivity index (χ0n) is 19.3. The van der Waals surface area contributed by atoms with Crippen molar-refractivity contribution in [2.75, 3.05) is 7.11 Å². The number of thioether (sulfide) groups is 1. The molecule has 0 radical (unpaired) electrons. The smallest absolute Gasteiger partial charge is 0.342 e. The summed E-state index contributed by atoms with van der Waals surface area (Å²) in [6.07, 6.45) is 1.44. The molecule has 4 rings (SSSR count). The molecule has 3 aromatic carbocycles. The van der Waals surface area contributed by atoms with Crippen LogP contribution in [-0.4, -0.2) is 39.5 Å². The Hall–Kier alpha value is -4.28. The lowest BCUT2D eigenvalue weighted by Crippen LogP contribution is -2.00. The SMILES string of the molecule is COc1ccc(Cl)cc1-c1nnc(S/C(=C\c2ccccc2OCc2ccc(C(=O)O)cc2)C(=O)O)o1. The molecule has 4 aromatic rings. The molecule has 0 amide bonds. The van der Waals surface area contributed by atoms with Crippen LogP contribution in [0, 0.1) is 0 Å². The predicted molar refractivity (Wildman–Crippen MR) is 137 cm³/mol. The van der Waals surface area contributed by atoms with Gasteiger partial charge in [0.15, 0.2) is 0 Å². The van der Waals surface area contributed by atoms with Crippen LogP contribution in [0.15, 0.2) is 81.3 Å². The monoisotopic (exact) mass is 538 g/mol. The summed E-state index contributed by atoms with van der Waals surface area (Å²) in [5.41, 5.74) is 1.93. The van der Waals surface area contributed by atoms with E-state index >= 15 is 0 Å². The van der Waals surface area contributed by atoms with Crippen LogP contribution in [0.1, 0.15) is 21.5 Å². The van der Waals surface area contributed by atoms with E-state index in [0.29, 0.717) is 27.6 Å². The summed E-state index contributed by atoms with van der Waals surface area (Å²) in [7, 11) is 1.49. The molecule has 1 heterocycles. The number of carbonyl (C=O) groups is 2. The molecule has 9 nitrogen and oxygen atoms in total. The Labute approximate surface area is 220 Å². The molecule has 0 unspecified atom stereocenters. The van der Waals surface area contributed by atoms with Gasteiger partial charge in [0.2, 0.25) is 0 Å². The number of rotatable bonds is 10. The highest BCUT2D eigenvalue weighted by molar-refractivity contribution is 8.03. The molecule has 0 bridgehead atoms. The second-order valence-corrected chi connectivity index (χ2v) is 8.89. The Bertz CT molecular complexity index is 1470. The van der Waals surface area contributed by atoms with Gasteiger partial charge in [-0.05, 0) is 59.8 Å². The van der Waals surface area contributed by atoms with Gasteiger partial charge in [-0.1, -0.05) is 41.9 Å². The molecule has 0 spiro atoms. The van der Waals surface area contributed by atoms with E-state index in [1.807, 2.05) is 0 Å². The van der Waals surface area contributed by atoms with E-state index in [4.69, 9.17) is 30.6 Å². The number of methoxy groups -OCH3 is 1. The Morgan fingerprint density at radius 3 is 2.49 bits per heavy atom. The van der Waals surface area contributed by atoms with Gasteiger partial charge in [-0.15, -0.1) is 10.2 Å². The molecule has 0 saturated carbocycles. The van der Waals surface area contributed by atoms with Crippen molar-refractivity contribution in [1.82, 2.24) is 10.2 Å². The van der Waals surface area contributed by atoms with Crippen LogP contribution in [-0.2, 0) is 11.4 Å². The van der Waals surface area contributed by atoms with Gasteiger partial charge in [0.1, 0.15) is 23.0 Å². The number of halogens is 1. The van der Waals surface area contributed by atoms with Crippen LogP contribution in [0.2, 0.25) is 5.02 Å². The summed E-state index contributed by atoms with van der Waals surface area (Å²) in [6.45, 7) is 0.161. The third kappa shape index (κ3) is 6.49. The molecule has 37 heavy (non-hydrogen) atoms. The zero-order chi connectivity index (χ0) is 26.4. The summed E-state index contributed by atoms with van der Waals surface area (Å²) in [4.78, 5) is 23.0. The molecule has 188 valence electrons. The first kappa shape index (κ1) is 25.8. The number of nitrogens with zero attached hydrogens (tertiary/aromatic N) is 2. The van der Waals surface area contributed by atoms with Gasteiger partial charge >= 0.3 is 11.9 Å². The largest absolute Gasteiger partial charge is 0.496 e. The number of carboxylic acid groups (broad SMARTS) is 2. The van der Waals surface area contributed by atoms with Crippen molar-refractivity contribution in [1.29, 1.82) is 0 Å². The van der Waals surface area contributed by atoms with E-state index in [2.05, 4.69) is 10.2 Å². The van der Waals surface area contributed by atoms with Crippen molar-refractivity contribution in [3.05, 3.63) is 93.3 Å². The topological polar surface area (TPSA) is 132 Å². The molecular formula is C26H19ClN2O7S. The minimum atomic E-state index is -1.19. The van der Waals surface area contributed by atoms with E-state index in [1.54, 1.807) is 54.6 Å². The van der Waals surface area contributed by atoms with Crippen LogP contribution in [0.3, 0.4) is 0 Å². The lowest BCUT2D eigenvalue weighted by atomic mass is 10.1. The number of ether oxygens (including phenoxy) is 2. The highest BCUT2D eigenvalue weighted by Crippen LogP contribution is 2.35. The van der Waals surface area contributed by atoms with E-state index in [-0.39, 0.29) is 28.2 Å². The van der Waals surface area contributed by atoms with Crippen molar-refractivity contribution in [3.63, 3.8) is 0 Å². The Kier molecular flexibility index (Phi) is 8.11. The van der Waals surface area contributed by atoms with Gasteiger partial charge < -0.3 is 24.1 Å². The molecule has 0 aliphatic heterocycles. The molecule has 1 aromatic heterocycles. The Morgan fingerprint density at radius 1 is 1.03 bits per heavy atom. The number of hydrogen-bond acceptors (Lipinski definition) is 8. The third-order valence-corrected chi connectivity index (χ3v) is 6.09. The summed E-state index contributed by atoms with van der Waals surface area (Å²) >= 11 is 6.86. The molecule has 0 aliphatic rings. The number of aromatic nitrogens is 2. The van der Waals surface area contributed by atoms with Crippen LogP contribution in [0.4, 0.5) is 0 Å². The quantitative estimate of drug-likeness (QED) is 0.186. The molecule has 0 saturated heterocycles. The summed E-state index contributed by atoms with van der Waals surface area (Å²) < 4.78 is 16.9. The first-order valence-corrected chi connectivity index (χ1v) is 11.9. The van der Waals surface area contributed by atoms with Crippen LogP contribution in [0.5, 0.6) is 11.5 Å². The zero-order valence-corrected chi connectivity index (χ0v) is 20.8. The first-order valence-electron chi connectivity index (χ1n) is 10.7. The maximum Gasteiger partial charge on any atom is 0.342 e. The molecule has 0 aliphatic carbocycles. The molecule has 2 N–H and O–H groups in total. The number of carboxylic acids is 2. The van der Waals surface area contributed by atoms with Crippen molar-refractivity contribution in [2.24, 2.45) is 0 Å². The van der Waals surface area contributed by atoms with Crippen molar-refractivity contribution in [3.8, 4) is 23.0 Å². The lowest BCUT2D eigenvalue weighted by Gasteiger charge is -2.10. The number of aromatic carboxylic acids is 1. The molecule has 0 atom stereocenters. The normalized spacial score (nSPS) is 11.2. The maximum absolute atomic E-state index is 12.0. The third-order valence-electron chi connectivity index (χ3n) is 5.01. The Balaban J connectivity index is 1.54. The van der Waals surface area contributed by atoms with E-state index in [0.717, 1.165) is 17.3 Å². The fourth-order valence-corrected chi connectivity index (χ4v) is 4.05. The van der Waals surface area contributed by atoms with Crippen LogP contribution in [0.25, 0.3) is 17.5 Å². The van der Waals surface area contributed by atoms with E-state index < -0.39 is 11.9 Å². The van der Waals surface area contributed by atoms with E-state index in [1.165, 1.54) is 25.3 Å². The fraction of sp³-hybridized carbons (Fsp3) is 0.0769. The van der Waals surface area contributed by atoms with Gasteiger partial charge in [0.05, 0.1) is 18.2 Å². The van der Waals surface area contributed by atoms with Gasteiger partial charge in [-0.3, -0.25) is 0 Å². The second kappa shape index (κ2) is 11.6. The number of para-hydroxylation sites is 1. The number of aliphatic carboxylic acids is 1. The predicted octanol–water partition coefficient (Wildman–Crippen LogP) is 5.89. The maximum atomic E-state index is 12.0. The van der Waals surface area contributed by atoms with Crippen molar-refractivity contribution in [2.45, 2.75) is 11.8 Å². The minimum Gasteiger partial charge on any atom is -0.496 e. The van der Waals surface area contributed by atoms with Gasteiger partial charge in [0.25, 0.3) is 11.1 Å². The number of benzene rings is 3.